The van der Waals surface area contributed by atoms with Gasteiger partial charge in [0.1, 0.15) is 5.82 Å². The Balaban J connectivity index is 1.11. The number of H-pyrrole nitrogens is 1. The number of hydrogen-bond acceptors (Lipinski definition) is 4. The molecule has 0 aliphatic carbocycles. The van der Waals surface area contributed by atoms with Crippen molar-refractivity contribution < 1.29 is 0 Å². The van der Waals surface area contributed by atoms with Crippen molar-refractivity contribution in [1.82, 2.24) is 9.97 Å². The molecule has 6 heteroatoms. The Morgan fingerprint density at radius 2 is 1.54 bits per heavy atom. The molecule has 2 aliphatic rings. The maximum Gasteiger partial charge on any atom is 0.138 e. The molecule has 2 aliphatic heterocycles. The van der Waals surface area contributed by atoms with Gasteiger partial charge in [-0.05, 0) is 108 Å². The first-order chi connectivity index (χ1) is 18.0. The number of hydrogen-bond donors (Lipinski definition) is 1. The number of aromatic amines is 1. The second kappa shape index (κ2) is 8.60. The highest BCUT2D eigenvalue weighted by atomic mass is 79.9. The minimum Gasteiger partial charge on any atom is -0.349 e. The van der Waals surface area contributed by atoms with Crippen LogP contribution in [0.15, 0.2) is 82.3 Å². The summed E-state index contributed by atoms with van der Waals surface area (Å²) in [4.78, 5) is 17.9. The van der Waals surface area contributed by atoms with Gasteiger partial charge in [-0.15, -0.1) is 0 Å². The van der Waals surface area contributed by atoms with Gasteiger partial charge in [-0.1, -0.05) is 22.0 Å². The van der Waals surface area contributed by atoms with E-state index in [2.05, 4.69) is 105 Å². The Bertz CT molecular complexity index is 1660. The van der Waals surface area contributed by atoms with E-state index >= 15 is 0 Å². The van der Waals surface area contributed by atoms with E-state index < -0.39 is 0 Å². The second-order valence-corrected chi connectivity index (χ2v) is 11.0. The predicted octanol–water partition coefficient (Wildman–Crippen LogP) is 7.66. The topological polar surface area (TPSA) is 47.5 Å². The van der Waals surface area contributed by atoms with Crippen molar-refractivity contribution in [2.45, 2.75) is 26.9 Å². The molecule has 1 aromatic heterocycles. The van der Waals surface area contributed by atoms with E-state index in [4.69, 9.17) is 9.98 Å². The number of rotatable bonds is 3. The lowest BCUT2D eigenvalue weighted by atomic mass is 10.0. The molecule has 0 fully saturated rings. The maximum atomic E-state index is 4.79. The molecule has 5 nitrogen and oxygen atoms in total. The Kier molecular flexibility index (Phi) is 5.18. The summed E-state index contributed by atoms with van der Waals surface area (Å²) in [6.45, 7) is 7.03. The van der Waals surface area contributed by atoms with E-state index in [1.807, 2.05) is 18.3 Å². The molecule has 4 aromatic carbocycles. The SMILES string of the molecule is Cc1cc2nc(-c3ccc(/N=C/c4ccc5c(c4)CN4CN5Cc5cc(Br)ccc54)cc3)[nH]c2cc1C. The summed E-state index contributed by atoms with van der Waals surface area (Å²) in [5, 5.41) is 0. The highest BCUT2D eigenvalue weighted by Crippen LogP contribution is 2.39. The number of imidazole rings is 1. The van der Waals surface area contributed by atoms with Crippen molar-refractivity contribution in [2.75, 3.05) is 16.5 Å². The highest BCUT2D eigenvalue weighted by Gasteiger charge is 2.29. The fourth-order valence-electron chi connectivity index (χ4n) is 5.41. The normalized spacial score (nSPS) is 14.4. The van der Waals surface area contributed by atoms with E-state index in [9.17, 15) is 0 Å². The molecule has 37 heavy (non-hydrogen) atoms. The van der Waals surface area contributed by atoms with Crippen LogP contribution in [0.3, 0.4) is 0 Å². The van der Waals surface area contributed by atoms with Crippen molar-refractivity contribution >= 4 is 50.2 Å². The van der Waals surface area contributed by atoms with Crippen LogP contribution in [0, 0.1) is 13.8 Å². The molecule has 0 saturated heterocycles. The Labute approximate surface area is 224 Å². The van der Waals surface area contributed by atoms with Crippen LogP contribution >= 0.6 is 15.9 Å². The van der Waals surface area contributed by atoms with Gasteiger partial charge in [0.15, 0.2) is 0 Å². The number of fused-ring (bicyclic) bond motifs is 7. The van der Waals surface area contributed by atoms with Gasteiger partial charge in [-0.3, -0.25) is 4.99 Å². The molecular formula is C31H26BrN5. The fourth-order valence-corrected chi connectivity index (χ4v) is 5.82. The first kappa shape index (κ1) is 22.3. The van der Waals surface area contributed by atoms with Crippen LogP contribution in [0.2, 0.25) is 0 Å². The van der Waals surface area contributed by atoms with Crippen LogP contribution in [0.1, 0.15) is 27.8 Å². The van der Waals surface area contributed by atoms with Crippen LogP contribution in [-0.2, 0) is 13.1 Å². The van der Waals surface area contributed by atoms with Gasteiger partial charge in [0, 0.05) is 40.7 Å². The number of nitrogens with one attached hydrogen (secondary N) is 1. The van der Waals surface area contributed by atoms with Gasteiger partial charge < -0.3 is 14.8 Å². The quantitative estimate of drug-likeness (QED) is 0.236. The maximum absolute atomic E-state index is 4.79. The first-order valence-corrected chi connectivity index (χ1v) is 13.3. The molecule has 7 rings (SSSR count). The lowest BCUT2D eigenvalue weighted by Gasteiger charge is -2.44. The minimum atomic E-state index is 0.884. The monoisotopic (exact) mass is 547 g/mol. The minimum absolute atomic E-state index is 0.884. The zero-order valence-electron chi connectivity index (χ0n) is 20.8. The van der Waals surface area contributed by atoms with Gasteiger partial charge in [0.25, 0.3) is 0 Å². The molecule has 0 radical (unpaired) electrons. The van der Waals surface area contributed by atoms with Gasteiger partial charge in [0.05, 0.1) is 23.4 Å². The summed E-state index contributed by atoms with van der Waals surface area (Å²) in [7, 11) is 0. The molecule has 0 unspecified atom stereocenters. The smallest absolute Gasteiger partial charge is 0.138 e. The van der Waals surface area contributed by atoms with Crippen LogP contribution in [0.25, 0.3) is 22.4 Å². The molecule has 0 atom stereocenters. The highest BCUT2D eigenvalue weighted by molar-refractivity contribution is 9.10. The van der Waals surface area contributed by atoms with Crippen molar-refractivity contribution in [2.24, 2.45) is 4.99 Å². The molecular weight excluding hydrogens is 522 g/mol. The van der Waals surface area contributed by atoms with Gasteiger partial charge >= 0.3 is 0 Å². The first-order valence-electron chi connectivity index (χ1n) is 12.5. The summed E-state index contributed by atoms with van der Waals surface area (Å²) >= 11 is 3.62. The van der Waals surface area contributed by atoms with Crippen molar-refractivity contribution in [3.05, 3.63) is 105 Å². The van der Waals surface area contributed by atoms with Gasteiger partial charge in [0.2, 0.25) is 0 Å². The van der Waals surface area contributed by atoms with Crippen molar-refractivity contribution in [3.63, 3.8) is 0 Å². The lowest BCUT2D eigenvalue weighted by Crippen LogP contribution is -2.46. The lowest BCUT2D eigenvalue weighted by molar-refractivity contribution is 0.650. The van der Waals surface area contributed by atoms with E-state index in [0.29, 0.717) is 0 Å². The third kappa shape index (κ3) is 4.02. The Hall–Kier alpha value is -3.90. The third-order valence-electron chi connectivity index (χ3n) is 7.49. The summed E-state index contributed by atoms with van der Waals surface area (Å²) in [5.74, 6) is 0.884. The molecule has 2 bridgehead atoms. The molecule has 0 saturated carbocycles. The Morgan fingerprint density at radius 3 is 2.32 bits per heavy atom. The van der Waals surface area contributed by atoms with Crippen molar-refractivity contribution in [1.29, 1.82) is 0 Å². The second-order valence-electron chi connectivity index (χ2n) is 10.0. The van der Waals surface area contributed by atoms with E-state index in [1.165, 1.54) is 33.6 Å². The predicted molar refractivity (Wildman–Crippen MR) is 156 cm³/mol. The molecule has 5 aromatic rings. The zero-order valence-corrected chi connectivity index (χ0v) is 22.4. The average Bonchev–Trinajstić information content (AvgIpc) is 3.30. The number of aryl methyl sites for hydroxylation is 2. The molecule has 182 valence electrons. The van der Waals surface area contributed by atoms with Crippen LogP contribution in [-0.4, -0.2) is 22.9 Å². The van der Waals surface area contributed by atoms with Gasteiger partial charge in [-0.25, -0.2) is 4.98 Å². The van der Waals surface area contributed by atoms with Crippen molar-refractivity contribution in [3.8, 4) is 11.4 Å². The summed E-state index contributed by atoms with van der Waals surface area (Å²) in [6, 6.07) is 25.8. The van der Waals surface area contributed by atoms with E-state index in [1.54, 1.807) is 0 Å². The molecule has 3 heterocycles. The van der Waals surface area contributed by atoms with Crippen LogP contribution < -0.4 is 9.80 Å². The summed E-state index contributed by atoms with van der Waals surface area (Å²) in [6.07, 6.45) is 1.96. The molecule has 1 N–H and O–H groups in total. The van der Waals surface area contributed by atoms with Crippen LogP contribution in [0.5, 0.6) is 0 Å². The van der Waals surface area contributed by atoms with Crippen LogP contribution in [0.4, 0.5) is 17.1 Å². The number of aliphatic imine (C=N–C) groups is 1. The zero-order chi connectivity index (χ0) is 25.1. The number of aromatic nitrogens is 2. The fraction of sp³-hybridized carbons (Fsp3) is 0.161. The summed E-state index contributed by atoms with van der Waals surface area (Å²) in [5.41, 5.74) is 13.1. The average molecular weight is 548 g/mol. The third-order valence-corrected chi connectivity index (χ3v) is 7.98. The van der Waals surface area contributed by atoms with E-state index in [0.717, 1.165) is 57.9 Å². The number of halogens is 1. The molecule has 0 amide bonds. The largest absolute Gasteiger partial charge is 0.349 e. The molecule has 0 spiro atoms. The standard InChI is InChI=1S/C31H26BrN5/c1-19-11-27-28(12-20(19)2)35-31(34-27)22-4-7-26(8-5-22)33-15-21-3-9-29-23(13-21)16-36-18-37(29)17-24-14-25(32)6-10-30(24)36/h3-15H,16-18H2,1-2H3,(H,34,35)/b33-15+. The number of benzene rings is 4. The van der Waals surface area contributed by atoms with E-state index in [-0.39, 0.29) is 0 Å². The summed E-state index contributed by atoms with van der Waals surface area (Å²) < 4.78 is 1.14. The Morgan fingerprint density at radius 1 is 0.838 bits per heavy atom. The van der Waals surface area contributed by atoms with Gasteiger partial charge in [-0.2, -0.15) is 0 Å². The number of nitrogens with zero attached hydrogens (tertiary/aromatic N) is 4. The number of anilines is 2.